The van der Waals surface area contributed by atoms with Gasteiger partial charge in [0.05, 0.1) is 11.0 Å². The second kappa shape index (κ2) is 6.13. The predicted molar refractivity (Wildman–Crippen MR) is 68.9 cm³/mol. The molecule has 21 heavy (non-hydrogen) atoms. The van der Waals surface area contributed by atoms with Crippen molar-refractivity contribution in [3.8, 4) is 0 Å². The van der Waals surface area contributed by atoms with E-state index in [1.54, 1.807) is 0 Å². The molecule has 0 aliphatic carbocycles. The summed E-state index contributed by atoms with van der Waals surface area (Å²) < 4.78 is 31.6. The number of nitro benzene ring substituents is 1. The largest absolute Gasteiger partial charge is 0.381 e. The lowest BCUT2D eigenvalue weighted by Crippen LogP contribution is -2.40. The van der Waals surface area contributed by atoms with Crippen LogP contribution < -0.4 is 0 Å². The number of nitrogens with zero attached hydrogens (tertiary/aromatic N) is 2. The molecule has 1 aliphatic heterocycles. The predicted octanol–water partition coefficient (Wildman–Crippen LogP) is 2.12. The number of hydrogen-bond acceptors (Lipinski definition) is 4. The Morgan fingerprint density at radius 2 is 1.90 bits per heavy atom. The molecule has 0 spiro atoms. The highest BCUT2D eigenvalue weighted by Crippen LogP contribution is 2.25. The number of halogens is 2. The molecule has 1 aliphatic rings. The van der Waals surface area contributed by atoms with E-state index in [9.17, 15) is 23.7 Å². The molecule has 1 saturated heterocycles. The van der Waals surface area contributed by atoms with E-state index in [1.165, 1.54) is 11.9 Å². The molecule has 1 heterocycles. The number of carbonyl (C=O) groups is 1. The van der Waals surface area contributed by atoms with Gasteiger partial charge in [0.1, 0.15) is 5.56 Å². The molecule has 1 fully saturated rings. The van der Waals surface area contributed by atoms with Gasteiger partial charge in [-0.15, -0.1) is 0 Å². The fourth-order valence-corrected chi connectivity index (χ4v) is 2.29. The van der Waals surface area contributed by atoms with Crippen molar-refractivity contribution >= 4 is 11.6 Å². The maximum atomic E-state index is 13.3. The fraction of sp³-hybridized carbons (Fsp3) is 0.462. The molecule has 0 bridgehead atoms. The van der Waals surface area contributed by atoms with Crippen molar-refractivity contribution in [1.82, 2.24) is 4.90 Å². The van der Waals surface area contributed by atoms with Crippen LogP contribution in [-0.2, 0) is 4.74 Å². The molecule has 1 amide bonds. The summed E-state index contributed by atoms with van der Waals surface area (Å²) in [5.41, 5.74) is -1.19. The van der Waals surface area contributed by atoms with Crippen molar-refractivity contribution in [2.75, 3.05) is 20.3 Å². The van der Waals surface area contributed by atoms with Crippen LogP contribution >= 0.6 is 0 Å². The fourth-order valence-electron chi connectivity index (χ4n) is 2.29. The summed E-state index contributed by atoms with van der Waals surface area (Å²) in [5.74, 6) is -3.34. The summed E-state index contributed by atoms with van der Waals surface area (Å²) in [4.78, 5) is 23.7. The van der Waals surface area contributed by atoms with Gasteiger partial charge in [-0.25, -0.2) is 8.78 Å². The number of rotatable bonds is 3. The molecule has 0 unspecified atom stereocenters. The monoisotopic (exact) mass is 300 g/mol. The van der Waals surface area contributed by atoms with Gasteiger partial charge in [-0.1, -0.05) is 0 Å². The normalized spacial score (nSPS) is 15.8. The van der Waals surface area contributed by atoms with Gasteiger partial charge >= 0.3 is 0 Å². The van der Waals surface area contributed by atoms with Gasteiger partial charge in [0.15, 0.2) is 11.6 Å². The zero-order valence-corrected chi connectivity index (χ0v) is 11.3. The van der Waals surface area contributed by atoms with Crippen molar-refractivity contribution in [1.29, 1.82) is 0 Å². The number of benzene rings is 1. The van der Waals surface area contributed by atoms with Crippen molar-refractivity contribution in [3.05, 3.63) is 39.4 Å². The van der Waals surface area contributed by atoms with Gasteiger partial charge in [-0.05, 0) is 18.9 Å². The van der Waals surface area contributed by atoms with E-state index < -0.39 is 33.7 Å². The smallest absolute Gasteiger partial charge is 0.285 e. The van der Waals surface area contributed by atoms with E-state index in [0.29, 0.717) is 38.2 Å². The zero-order valence-electron chi connectivity index (χ0n) is 11.3. The summed E-state index contributed by atoms with van der Waals surface area (Å²) >= 11 is 0. The zero-order chi connectivity index (χ0) is 15.6. The molecule has 0 radical (unpaired) electrons. The summed E-state index contributed by atoms with van der Waals surface area (Å²) in [6.07, 6.45) is 1.19. The number of nitro groups is 1. The lowest BCUT2D eigenvalue weighted by atomic mass is 10.1. The molecule has 0 N–H and O–H groups in total. The Balaban J connectivity index is 2.33. The quantitative estimate of drug-likeness (QED) is 0.633. The Morgan fingerprint density at radius 3 is 2.48 bits per heavy atom. The van der Waals surface area contributed by atoms with Gasteiger partial charge in [0, 0.05) is 26.3 Å². The second-order valence-corrected chi connectivity index (χ2v) is 4.80. The highest BCUT2D eigenvalue weighted by molar-refractivity contribution is 5.98. The summed E-state index contributed by atoms with van der Waals surface area (Å²) in [6.45, 7) is 0.977. The molecule has 8 heteroatoms. The SMILES string of the molecule is CN(C(=O)c1cc(F)c(F)cc1[N+](=O)[O-])C1CCOCC1. The molecule has 1 aromatic carbocycles. The van der Waals surface area contributed by atoms with E-state index in [0.717, 1.165) is 0 Å². The van der Waals surface area contributed by atoms with E-state index in [4.69, 9.17) is 4.74 Å². The molecular formula is C13H14F2N2O4. The first-order valence-electron chi connectivity index (χ1n) is 6.40. The van der Waals surface area contributed by atoms with Gasteiger partial charge in [0.2, 0.25) is 0 Å². The third-order valence-electron chi connectivity index (χ3n) is 3.52. The van der Waals surface area contributed by atoms with Crippen LogP contribution in [0.2, 0.25) is 0 Å². The molecule has 0 aromatic heterocycles. The Kier molecular flexibility index (Phi) is 4.46. The minimum atomic E-state index is -1.35. The van der Waals surface area contributed by atoms with Gasteiger partial charge in [0.25, 0.3) is 11.6 Å². The Morgan fingerprint density at radius 1 is 1.33 bits per heavy atom. The van der Waals surface area contributed by atoms with Crippen LogP contribution in [-0.4, -0.2) is 42.0 Å². The highest BCUT2D eigenvalue weighted by atomic mass is 19.2. The second-order valence-electron chi connectivity index (χ2n) is 4.80. The van der Waals surface area contributed by atoms with Crippen LogP contribution in [0.5, 0.6) is 0 Å². The Bertz CT molecular complexity index is 574. The maximum Gasteiger partial charge on any atom is 0.285 e. The first kappa shape index (κ1) is 15.3. The van der Waals surface area contributed by atoms with E-state index in [1.807, 2.05) is 0 Å². The van der Waals surface area contributed by atoms with Crippen molar-refractivity contribution < 1.29 is 23.2 Å². The van der Waals surface area contributed by atoms with Gasteiger partial charge < -0.3 is 9.64 Å². The van der Waals surface area contributed by atoms with Gasteiger partial charge in [-0.3, -0.25) is 14.9 Å². The van der Waals surface area contributed by atoms with Crippen LogP contribution in [0.4, 0.5) is 14.5 Å². The van der Waals surface area contributed by atoms with Crippen LogP contribution in [0.3, 0.4) is 0 Å². The summed E-state index contributed by atoms with van der Waals surface area (Å²) in [5, 5.41) is 10.9. The molecule has 1 aromatic rings. The first-order chi connectivity index (χ1) is 9.91. The Hall–Kier alpha value is -2.09. The van der Waals surface area contributed by atoms with Crippen molar-refractivity contribution in [2.45, 2.75) is 18.9 Å². The minimum Gasteiger partial charge on any atom is -0.381 e. The lowest BCUT2D eigenvalue weighted by Gasteiger charge is -2.31. The molecular weight excluding hydrogens is 286 g/mol. The summed E-state index contributed by atoms with van der Waals surface area (Å²) in [6, 6.07) is 0.866. The van der Waals surface area contributed by atoms with Crippen LogP contribution in [0.1, 0.15) is 23.2 Å². The molecule has 0 saturated carbocycles. The van der Waals surface area contributed by atoms with Crippen LogP contribution in [0.25, 0.3) is 0 Å². The maximum absolute atomic E-state index is 13.3. The molecule has 2 rings (SSSR count). The summed E-state index contributed by atoms with van der Waals surface area (Å²) in [7, 11) is 1.49. The number of hydrogen-bond donors (Lipinski definition) is 0. The third kappa shape index (κ3) is 3.15. The third-order valence-corrected chi connectivity index (χ3v) is 3.52. The number of ether oxygens (including phenoxy) is 1. The standard InChI is InChI=1S/C13H14F2N2O4/c1-16(8-2-4-21-5-3-8)13(18)9-6-10(14)11(15)7-12(9)17(19)20/h6-8H,2-5H2,1H3. The van der Waals surface area contributed by atoms with Crippen molar-refractivity contribution in [3.63, 3.8) is 0 Å². The Labute approximate surface area is 119 Å². The minimum absolute atomic E-state index is 0.140. The number of carbonyl (C=O) groups excluding carboxylic acids is 1. The van der Waals surface area contributed by atoms with E-state index in [2.05, 4.69) is 0 Å². The number of amides is 1. The topological polar surface area (TPSA) is 72.7 Å². The molecule has 0 atom stereocenters. The molecule has 114 valence electrons. The lowest BCUT2D eigenvalue weighted by molar-refractivity contribution is -0.385. The van der Waals surface area contributed by atoms with Crippen LogP contribution in [0, 0.1) is 21.7 Å². The average Bonchev–Trinajstić information content (AvgIpc) is 2.48. The van der Waals surface area contributed by atoms with E-state index >= 15 is 0 Å². The molecule has 6 nitrogen and oxygen atoms in total. The first-order valence-corrected chi connectivity index (χ1v) is 6.40. The van der Waals surface area contributed by atoms with E-state index in [-0.39, 0.29) is 6.04 Å². The average molecular weight is 300 g/mol. The van der Waals surface area contributed by atoms with Crippen molar-refractivity contribution in [2.24, 2.45) is 0 Å². The highest BCUT2D eigenvalue weighted by Gasteiger charge is 2.29. The van der Waals surface area contributed by atoms with Crippen LogP contribution in [0.15, 0.2) is 12.1 Å². The van der Waals surface area contributed by atoms with Gasteiger partial charge in [-0.2, -0.15) is 0 Å².